The maximum atomic E-state index is 12.1. The number of rotatable bonds is 7. The monoisotopic (exact) mass is 377 g/mol. The van der Waals surface area contributed by atoms with Crippen LogP contribution in [0.15, 0.2) is 30.3 Å². The lowest BCUT2D eigenvalue weighted by molar-refractivity contribution is -0.119. The van der Waals surface area contributed by atoms with Gasteiger partial charge in [-0.15, -0.1) is 11.3 Å². The number of carbonyl (C=O) groups excluding carboxylic acids is 3. The minimum Gasteiger partial charge on any atom is -0.508 e. The van der Waals surface area contributed by atoms with E-state index in [2.05, 4.69) is 5.32 Å². The Labute approximate surface area is 154 Å². The summed E-state index contributed by atoms with van der Waals surface area (Å²) in [5, 5.41) is 12.3. The largest absolute Gasteiger partial charge is 0.508 e. The fraction of sp³-hybridized carbons (Fsp3) is 0.278. The molecule has 0 aliphatic heterocycles. The first kappa shape index (κ1) is 19.5. The number of aromatic hydroxyl groups is 1. The van der Waals surface area contributed by atoms with Gasteiger partial charge >= 0.3 is 11.9 Å². The fourth-order valence-corrected chi connectivity index (χ4v) is 3.08. The molecule has 1 aromatic carbocycles. The highest BCUT2D eigenvalue weighted by Crippen LogP contribution is 2.29. The number of thiophene rings is 1. The molecule has 7 nitrogen and oxygen atoms in total. The van der Waals surface area contributed by atoms with Gasteiger partial charge in [-0.3, -0.25) is 4.79 Å². The lowest BCUT2D eigenvalue weighted by Gasteiger charge is -2.07. The number of nitrogens with one attached hydrogen (secondary N) is 1. The van der Waals surface area contributed by atoms with Crippen LogP contribution < -0.4 is 5.32 Å². The molecule has 8 heteroatoms. The normalized spacial score (nSPS) is 10.2. The number of esters is 2. The number of phenols is 1. The third kappa shape index (κ3) is 5.06. The van der Waals surface area contributed by atoms with Crippen molar-refractivity contribution in [1.82, 2.24) is 0 Å². The van der Waals surface area contributed by atoms with Gasteiger partial charge in [-0.2, -0.15) is 0 Å². The first-order chi connectivity index (χ1) is 12.4. The molecule has 2 N–H and O–H groups in total. The summed E-state index contributed by atoms with van der Waals surface area (Å²) in [5.41, 5.74) is 0.413. The third-order valence-corrected chi connectivity index (χ3v) is 4.49. The van der Waals surface area contributed by atoms with Crippen molar-refractivity contribution in [3.8, 4) is 5.75 Å². The molecular weight excluding hydrogens is 358 g/mol. The maximum absolute atomic E-state index is 12.1. The van der Waals surface area contributed by atoms with Crippen LogP contribution in [0.1, 0.15) is 39.4 Å². The van der Waals surface area contributed by atoms with Gasteiger partial charge in [0.1, 0.15) is 10.8 Å². The van der Waals surface area contributed by atoms with Crippen molar-refractivity contribution in [3.63, 3.8) is 0 Å². The third-order valence-electron chi connectivity index (χ3n) is 3.30. The van der Waals surface area contributed by atoms with Gasteiger partial charge in [-0.1, -0.05) is 13.0 Å². The van der Waals surface area contributed by atoms with Gasteiger partial charge in [-0.25, -0.2) is 9.59 Å². The molecule has 0 spiro atoms. The number of hydrogen-bond donors (Lipinski definition) is 2. The Kier molecular flexibility index (Phi) is 6.74. The minimum atomic E-state index is -0.734. The smallest absolute Gasteiger partial charge is 0.341 e. The van der Waals surface area contributed by atoms with Gasteiger partial charge in [0.25, 0.3) is 5.91 Å². The summed E-state index contributed by atoms with van der Waals surface area (Å²) in [4.78, 5) is 36.8. The van der Waals surface area contributed by atoms with E-state index in [0.29, 0.717) is 11.4 Å². The van der Waals surface area contributed by atoms with Crippen molar-refractivity contribution in [1.29, 1.82) is 0 Å². The fourth-order valence-electron chi connectivity index (χ4n) is 2.08. The van der Waals surface area contributed by atoms with E-state index in [1.165, 1.54) is 35.6 Å². The molecule has 0 atom stereocenters. The van der Waals surface area contributed by atoms with Crippen LogP contribution in [-0.2, 0) is 20.7 Å². The topological polar surface area (TPSA) is 102 Å². The highest BCUT2D eigenvalue weighted by molar-refractivity contribution is 7.16. The number of ether oxygens (including phenoxy) is 2. The van der Waals surface area contributed by atoms with Crippen molar-refractivity contribution < 1.29 is 29.0 Å². The lowest BCUT2D eigenvalue weighted by Crippen LogP contribution is -2.21. The van der Waals surface area contributed by atoms with Gasteiger partial charge in [0.2, 0.25) is 0 Å². The highest BCUT2D eigenvalue weighted by Gasteiger charge is 2.19. The van der Waals surface area contributed by atoms with Crippen LogP contribution in [0.4, 0.5) is 5.00 Å². The molecule has 0 radical (unpaired) electrons. The Morgan fingerprint density at radius 1 is 1.12 bits per heavy atom. The van der Waals surface area contributed by atoms with Crippen molar-refractivity contribution in [2.24, 2.45) is 0 Å². The molecular formula is C18H19NO6S. The second-order valence-corrected chi connectivity index (χ2v) is 6.34. The average Bonchev–Trinajstić information content (AvgIpc) is 3.03. The lowest BCUT2D eigenvalue weighted by atomic mass is 10.2. The predicted octanol–water partition coefficient (Wildman–Crippen LogP) is 2.99. The Balaban J connectivity index is 2.00. The highest BCUT2D eigenvalue weighted by atomic mass is 32.1. The van der Waals surface area contributed by atoms with Crippen LogP contribution in [0.25, 0.3) is 0 Å². The number of carbonyl (C=O) groups is 3. The number of benzene rings is 1. The van der Waals surface area contributed by atoms with Crippen LogP contribution in [0.2, 0.25) is 0 Å². The van der Waals surface area contributed by atoms with Gasteiger partial charge in [0.15, 0.2) is 6.61 Å². The van der Waals surface area contributed by atoms with E-state index in [0.717, 1.165) is 4.88 Å². The van der Waals surface area contributed by atoms with Crippen LogP contribution >= 0.6 is 11.3 Å². The zero-order chi connectivity index (χ0) is 19.1. The number of amides is 1. The van der Waals surface area contributed by atoms with Crippen LogP contribution in [0.5, 0.6) is 5.75 Å². The number of aryl methyl sites for hydroxylation is 1. The van der Waals surface area contributed by atoms with Crippen molar-refractivity contribution in [2.45, 2.75) is 20.3 Å². The number of phenolic OH excluding ortho intramolecular Hbond substituents is 1. The quantitative estimate of drug-likeness (QED) is 0.719. The standard InChI is InChI=1S/C18H19NO6S/c1-3-13-9-14(18(23)24-4-2)16(26-13)19-15(21)10-25-17(22)11-6-5-7-12(20)8-11/h5-9,20H,3-4,10H2,1-2H3,(H,19,21). The molecule has 0 fully saturated rings. The van der Waals surface area contributed by atoms with Crippen LogP contribution in [0, 0.1) is 0 Å². The molecule has 26 heavy (non-hydrogen) atoms. The molecule has 0 saturated heterocycles. The van der Waals surface area contributed by atoms with Gasteiger partial charge in [0, 0.05) is 4.88 Å². The maximum Gasteiger partial charge on any atom is 0.341 e. The summed E-state index contributed by atoms with van der Waals surface area (Å²) in [5.74, 6) is -1.90. The van der Waals surface area contributed by atoms with E-state index < -0.39 is 24.5 Å². The molecule has 0 bridgehead atoms. The first-order valence-corrected chi connectivity index (χ1v) is 8.82. The molecule has 2 aromatic rings. The van der Waals surface area contributed by atoms with E-state index in [-0.39, 0.29) is 23.5 Å². The summed E-state index contributed by atoms with van der Waals surface area (Å²) in [6, 6.07) is 7.30. The van der Waals surface area contributed by atoms with E-state index in [4.69, 9.17) is 9.47 Å². The van der Waals surface area contributed by atoms with E-state index in [1.54, 1.807) is 13.0 Å². The Morgan fingerprint density at radius 2 is 1.88 bits per heavy atom. The van der Waals surface area contributed by atoms with Crippen LogP contribution in [0.3, 0.4) is 0 Å². The van der Waals surface area contributed by atoms with Gasteiger partial charge in [0.05, 0.1) is 17.7 Å². The molecule has 1 aromatic heterocycles. The molecule has 138 valence electrons. The van der Waals surface area contributed by atoms with E-state index in [9.17, 15) is 19.5 Å². The zero-order valence-corrected chi connectivity index (χ0v) is 15.2. The van der Waals surface area contributed by atoms with Crippen molar-refractivity contribution in [2.75, 3.05) is 18.5 Å². The minimum absolute atomic E-state index is 0.0753. The summed E-state index contributed by atoms with van der Waals surface area (Å²) in [6.45, 7) is 3.34. The molecule has 0 aliphatic rings. The SMILES string of the molecule is CCOC(=O)c1cc(CC)sc1NC(=O)COC(=O)c1cccc(O)c1. The predicted molar refractivity (Wildman–Crippen MR) is 96.7 cm³/mol. The number of hydrogen-bond acceptors (Lipinski definition) is 7. The van der Waals surface area contributed by atoms with E-state index >= 15 is 0 Å². The molecule has 0 saturated carbocycles. The van der Waals surface area contributed by atoms with Crippen molar-refractivity contribution in [3.05, 3.63) is 46.3 Å². The molecule has 1 heterocycles. The van der Waals surface area contributed by atoms with E-state index in [1.807, 2.05) is 6.92 Å². The van der Waals surface area contributed by atoms with Crippen LogP contribution in [-0.4, -0.2) is 36.2 Å². The van der Waals surface area contributed by atoms with Crippen molar-refractivity contribution >= 4 is 34.2 Å². The summed E-state index contributed by atoms with van der Waals surface area (Å²) >= 11 is 1.27. The molecule has 2 rings (SSSR count). The Bertz CT molecular complexity index is 814. The molecule has 0 aliphatic carbocycles. The molecule has 0 unspecified atom stereocenters. The number of anilines is 1. The van der Waals surface area contributed by atoms with Gasteiger partial charge < -0.3 is 19.9 Å². The summed E-state index contributed by atoms with van der Waals surface area (Å²) < 4.78 is 9.91. The Morgan fingerprint density at radius 3 is 2.54 bits per heavy atom. The summed E-state index contributed by atoms with van der Waals surface area (Å²) in [6.07, 6.45) is 0.708. The second kappa shape index (κ2) is 9.00. The Hall–Kier alpha value is -2.87. The summed E-state index contributed by atoms with van der Waals surface area (Å²) in [7, 11) is 0. The second-order valence-electron chi connectivity index (χ2n) is 5.20. The van der Waals surface area contributed by atoms with Gasteiger partial charge in [-0.05, 0) is 37.6 Å². The zero-order valence-electron chi connectivity index (χ0n) is 14.4. The molecule has 1 amide bonds. The average molecular weight is 377 g/mol. The first-order valence-electron chi connectivity index (χ1n) is 8.00.